The van der Waals surface area contributed by atoms with Gasteiger partial charge in [0.1, 0.15) is 5.92 Å². The summed E-state index contributed by atoms with van der Waals surface area (Å²) in [6.07, 6.45) is 0.931. The van der Waals surface area contributed by atoms with Gasteiger partial charge in [-0.05, 0) is 56.1 Å². The number of carbonyl (C=O) groups excluding carboxylic acids is 2. The first-order valence-electron chi connectivity index (χ1n) is 11.5. The van der Waals surface area contributed by atoms with Crippen molar-refractivity contribution in [2.45, 2.75) is 77.0 Å². The summed E-state index contributed by atoms with van der Waals surface area (Å²) in [5, 5.41) is 11.2. The fourth-order valence-electron chi connectivity index (χ4n) is 4.89. The molecule has 2 aromatic rings. The molecule has 0 spiro atoms. The van der Waals surface area contributed by atoms with E-state index >= 15 is 0 Å². The molecule has 0 radical (unpaired) electrons. The van der Waals surface area contributed by atoms with Crippen molar-refractivity contribution in [2.24, 2.45) is 11.8 Å². The summed E-state index contributed by atoms with van der Waals surface area (Å²) in [6.45, 7) is 14.8. The SMILES string of the molecule is CCC1(CCO[Si](C)(C)C(C)(C)C)OC(C)(O)[C@H]2C(=O)N(c3ccc4ncsc4c3)C(=O)[C@H]21. The molecule has 4 rings (SSSR count). The van der Waals surface area contributed by atoms with E-state index in [0.29, 0.717) is 25.1 Å². The molecule has 2 amide bonds. The average molecular weight is 491 g/mol. The zero-order valence-electron chi connectivity index (χ0n) is 20.5. The van der Waals surface area contributed by atoms with E-state index in [1.807, 2.05) is 19.1 Å². The molecule has 2 aliphatic rings. The Morgan fingerprint density at radius 1 is 1.24 bits per heavy atom. The molecule has 0 aliphatic carbocycles. The summed E-state index contributed by atoms with van der Waals surface area (Å²) in [4.78, 5) is 32.7. The lowest BCUT2D eigenvalue weighted by atomic mass is 9.77. The highest BCUT2D eigenvalue weighted by atomic mass is 32.1. The van der Waals surface area contributed by atoms with Crippen LogP contribution in [0.5, 0.6) is 0 Å². The Kier molecular flexibility index (Phi) is 5.89. The molecule has 2 fully saturated rings. The summed E-state index contributed by atoms with van der Waals surface area (Å²) in [5.41, 5.74) is 2.10. The van der Waals surface area contributed by atoms with Gasteiger partial charge in [0.05, 0.1) is 32.9 Å². The molecule has 7 nitrogen and oxygen atoms in total. The standard InChI is InChI=1S/C24H34N2O5SSi/c1-8-24(11-12-30-33(6,7)22(2,3)4)19-18(23(5,29)31-24)20(27)26(21(19)28)15-9-10-16-17(13-15)32-14-25-16/h9-10,13-14,18-19,29H,8,11-12H2,1-7H3/t18-,19+,23?,24?/m1/s1. The van der Waals surface area contributed by atoms with Crippen LogP contribution in [0.1, 0.15) is 47.5 Å². The van der Waals surface area contributed by atoms with Gasteiger partial charge in [0, 0.05) is 6.61 Å². The van der Waals surface area contributed by atoms with Crippen LogP contribution in [0.25, 0.3) is 10.2 Å². The Balaban J connectivity index is 1.65. The molecule has 2 aliphatic heterocycles. The first kappa shape index (κ1) is 24.5. The van der Waals surface area contributed by atoms with Crippen LogP contribution in [-0.4, -0.2) is 48.2 Å². The number of ether oxygens (including phenoxy) is 1. The number of hydrogen-bond acceptors (Lipinski definition) is 7. The zero-order chi connectivity index (χ0) is 24.4. The average Bonchev–Trinajstić information content (AvgIpc) is 3.34. The van der Waals surface area contributed by atoms with Gasteiger partial charge in [-0.1, -0.05) is 27.7 Å². The highest BCUT2D eigenvalue weighted by molar-refractivity contribution is 7.16. The number of benzene rings is 1. The first-order valence-corrected chi connectivity index (χ1v) is 15.3. The maximum Gasteiger partial charge on any atom is 0.243 e. The largest absolute Gasteiger partial charge is 0.417 e. The molecule has 1 aromatic carbocycles. The minimum absolute atomic E-state index is 0.0577. The molecule has 0 bridgehead atoms. The van der Waals surface area contributed by atoms with Gasteiger partial charge in [-0.25, -0.2) is 9.88 Å². The highest BCUT2D eigenvalue weighted by Crippen LogP contribution is 2.54. The molecule has 2 unspecified atom stereocenters. The van der Waals surface area contributed by atoms with Gasteiger partial charge >= 0.3 is 0 Å². The van der Waals surface area contributed by atoms with Crippen molar-refractivity contribution >= 4 is 47.4 Å². The van der Waals surface area contributed by atoms with Crippen LogP contribution in [0.3, 0.4) is 0 Å². The maximum absolute atomic E-state index is 13.7. The predicted molar refractivity (Wildman–Crippen MR) is 132 cm³/mol. The van der Waals surface area contributed by atoms with E-state index in [9.17, 15) is 14.7 Å². The number of aliphatic hydroxyl groups is 1. The summed E-state index contributed by atoms with van der Waals surface area (Å²) in [7, 11) is -1.99. The Bertz CT molecular complexity index is 1090. The van der Waals surface area contributed by atoms with Gasteiger partial charge in [-0.2, -0.15) is 0 Å². The first-order chi connectivity index (χ1) is 15.2. The van der Waals surface area contributed by atoms with Crippen molar-refractivity contribution in [3.05, 3.63) is 23.7 Å². The number of aromatic nitrogens is 1. The van der Waals surface area contributed by atoms with Crippen LogP contribution in [0, 0.1) is 11.8 Å². The van der Waals surface area contributed by atoms with Crippen molar-refractivity contribution in [1.29, 1.82) is 0 Å². The predicted octanol–water partition coefficient (Wildman–Crippen LogP) is 4.70. The van der Waals surface area contributed by atoms with Crippen molar-refractivity contribution in [3.63, 3.8) is 0 Å². The lowest BCUT2D eigenvalue weighted by Gasteiger charge is -2.39. The number of nitrogens with zero attached hydrogens (tertiary/aromatic N) is 2. The second-order valence-electron chi connectivity index (χ2n) is 10.9. The van der Waals surface area contributed by atoms with E-state index in [4.69, 9.17) is 9.16 Å². The van der Waals surface area contributed by atoms with E-state index in [-0.39, 0.29) is 10.9 Å². The minimum atomic E-state index is -1.99. The lowest BCUT2D eigenvalue weighted by molar-refractivity contribution is -0.229. The van der Waals surface area contributed by atoms with Gasteiger partial charge in [0.15, 0.2) is 14.1 Å². The number of imide groups is 1. The van der Waals surface area contributed by atoms with Gasteiger partial charge in [0.2, 0.25) is 11.8 Å². The normalized spacial score (nSPS) is 30.5. The lowest BCUT2D eigenvalue weighted by Crippen LogP contribution is -2.47. The monoisotopic (exact) mass is 490 g/mol. The molecule has 33 heavy (non-hydrogen) atoms. The molecule has 0 saturated carbocycles. The Hall–Kier alpha value is -1.65. The topological polar surface area (TPSA) is 89.0 Å². The number of carbonyl (C=O) groups is 2. The minimum Gasteiger partial charge on any atom is -0.417 e. The van der Waals surface area contributed by atoms with Crippen molar-refractivity contribution < 1.29 is 23.9 Å². The van der Waals surface area contributed by atoms with Gasteiger partial charge in [-0.15, -0.1) is 11.3 Å². The summed E-state index contributed by atoms with van der Waals surface area (Å²) in [6, 6.07) is 5.36. The number of amides is 2. The smallest absolute Gasteiger partial charge is 0.243 e. The van der Waals surface area contributed by atoms with Crippen molar-refractivity contribution in [2.75, 3.05) is 11.5 Å². The fourth-order valence-corrected chi connectivity index (χ4v) is 6.64. The highest BCUT2D eigenvalue weighted by Gasteiger charge is 2.70. The molecular weight excluding hydrogens is 456 g/mol. The van der Waals surface area contributed by atoms with E-state index < -0.39 is 37.4 Å². The fraction of sp³-hybridized carbons (Fsp3) is 0.625. The van der Waals surface area contributed by atoms with Crippen LogP contribution in [0.4, 0.5) is 5.69 Å². The number of hydrogen-bond donors (Lipinski definition) is 1. The second-order valence-corrected chi connectivity index (χ2v) is 16.6. The van der Waals surface area contributed by atoms with Crippen LogP contribution in [0.2, 0.25) is 18.1 Å². The van der Waals surface area contributed by atoms with Crippen LogP contribution in [0.15, 0.2) is 23.7 Å². The summed E-state index contributed by atoms with van der Waals surface area (Å²) < 4.78 is 13.4. The maximum atomic E-state index is 13.7. The van der Waals surface area contributed by atoms with Gasteiger partial charge in [-0.3, -0.25) is 9.59 Å². The molecule has 1 N–H and O–H groups in total. The number of rotatable bonds is 6. The van der Waals surface area contributed by atoms with E-state index in [2.05, 4.69) is 38.8 Å². The third kappa shape index (κ3) is 3.87. The molecule has 1 aromatic heterocycles. The van der Waals surface area contributed by atoms with Gasteiger partial charge < -0.3 is 14.3 Å². The number of anilines is 1. The number of thiazole rings is 1. The van der Waals surface area contributed by atoms with Gasteiger partial charge in [0.25, 0.3) is 0 Å². The third-order valence-electron chi connectivity index (χ3n) is 7.83. The Morgan fingerprint density at radius 3 is 2.55 bits per heavy atom. The van der Waals surface area contributed by atoms with Crippen molar-refractivity contribution in [3.8, 4) is 0 Å². The Morgan fingerprint density at radius 2 is 1.91 bits per heavy atom. The van der Waals surface area contributed by atoms with Crippen molar-refractivity contribution in [1.82, 2.24) is 4.98 Å². The Labute approximate surface area is 200 Å². The second kappa shape index (κ2) is 7.95. The summed E-state index contributed by atoms with van der Waals surface area (Å²) >= 11 is 1.46. The quantitative estimate of drug-likeness (QED) is 0.466. The van der Waals surface area contributed by atoms with E-state index in [0.717, 1.165) is 10.2 Å². The third-order valence-corrected chi connectivity index (χ3v) is 13.2. The molecule has 9 heteroatoms. The van der Waals surface area contributed by atoms with E-state index in [1.165, 1.54) is 23.2 Å². The molecule has 3 heterocycles. The summed E-state index contributed by atoms with van der Waals surface area (Å²) in [5.74, 6) is -4.17. The van der Waals surface area contributed by atoms with Crippen LogP contribution < -0.4 is 4.90 Å². The molecule has 2 saturated heterocycles. The zero-order valence-corrected chi connectivity index (χ0v) is 22.3. The molecule has 4 atom stereocenters. The van der Waals surface area contributed by atoms with Crippen LogP contribution in [-0.2, 0) is 18.8 Å². The molecule has 180 valence electrons. The van der Waals surface area contributed by atoms with Crippen LogP contribution >= 0.6 is 11.3 Å². The number of fused-ring (bicyclic) bond motifs is 2. The van der Waals surface area contributed by atoms with E-state index in [1.54, 1.807) is 11.6 Å². The molecular formula is C24H34N2O5SSi.